The number of esters is 2. The molecule has 0 spiro atoms. The zero-order valence-corrected chi connectivity index (χ0v) is 12.6. The van der Waals surface area contributed by atoms with E-state index in [9.17, 15) is 14.4 Å². The van der Waals surface area contributed by atoms with Crippen LogP contribution in [0, 0.1) is 11.8 Å². The molecule has 1 aliphatic carbocycles. The summed E-state index contributed by atoms with van der Waals surface area (Å²) in [7, 11) is 0. The van der Waals surface area contributed by atoms with Crippen molar-refractivity contribution in [3.8, 4) is 0 Å². The molecule has 0 heterocycles. The highest BCUT2D eigenvalue weighted by Gasteiger charge is 2.35. The molecule has 20 heavy (non-hydrogen) atoms. The molecule has 0 amide bonds. The Morgan fingerprint density at radius 3 is 2.20 bits per heavy atom. The fourth-order valence-corrected chi connectivity index (χ4v) is 2.58. The van der Waals surface area contributed by atoms with Gasteiger partial charge in [0.2, 0.25) is 0 Å². The summed E-state index contributed by atoms with van der Waals surface area (Å²) in [6.07, 6.45) is 1.91. The molecule has 2 atom stereocenters. The molecule has 0 bridgehead atoms. The fraction of sp³-hybridized carbons (Fsp3) is 0.786. The van der Waals surface area contributed by atoms with Gasteiger partial charge in [-0.2, -0.15) is 0 Å². The molecule has 5 nitrogen and oxygen atoms in total. The Bertz CT molecular complexity index is 351. The van der Waals surface area contributed by atoms with Crippen molar-refractivity contribution in [3.05, 3.63) is 0 Å². The van der Waals surface area contributed by atoms with E-state index in [1.165, 1.54) is 0 Å². The first kappa shape index (κ1) is 17.0. The van der Waals surface area contributed by atoms with Crippen LogP contribution in [0.1, 0.15) is 39.5 Å². The Kier molecular flexibility index (Phi) is 6.99. The monoisotopic (exact) mass is 304 g/mol. The first-order valence-corrected chi connectivity index (χ1v) is 7.43. The van der Waals surface area contributed by atoms with Crippen molar-refractivity contribution < 1.29 is 23.9 Å². The predicted octanol–water partition coefficient (Wildman–Crippen LogP) is 2.10. The quantitative estimate of drug-likeness (QED) is 0.427. The Morgan fingerprint density at radius 1 is 1.20 bits per heavy atom. The van der Waals surface area contributed by atoms with Crippen LogP contribution in [0.4, 0.5) is 0 Å². The van der Waals surface area contributed by atoms with Crippen LogP contribution in [0.3, 0.4) is 0 Å². The van der Waals surface area contributed by atoms with E-state index >= 15 is 0 Å². The molecular weight excluding hydrogens is 284 g/mol. The first-order chi connectivity index (χ1) is 9.49. The van der Waals surface area contributed by atoms with Gasteiger partial charge in [-0.1, -0.05) is 0 Å². The summed E-state index contributed by atoms with van der Waals surface area (Å²) in [6.45, 7) is 3.79. The molecule has 0 aromatic heterocycles. The third-order valence-electron chi connectivity index (χ3n) is 3.38. The predicted molar refractivity (Wildman–Crippen MR) is 73.4 cm³/mol. The summed E-state index contributed by atoms with van der Waals surface area (Å²) >= 11 is 5.86. The number of hydrogen-bond acceptors (Lipinski definition) is 5. The zero-order chi connectivity index (χ0) is 15.1. The molecule has 0 aromatic rings. The van der Waals surface area contributed by atoms with Crippen LogP contribution in [0.2, 0.25) is 0 Å². The molecule has 6 heteroatoms. The lowest BCUT2D eigenvalue weighted by molar-refractivity contribution is -0.162. The Labute approximate surface area is 123 Å². The lowest BCUT2D eigenvalue weighted by atomic mass is 9.82. The summed E-state index contributed by atoms with van der Waals surface area (Å²) in [4.78, 5) is 35.3. The summed E-state index contributed by atoms with van der Waals surface area (Å²) in [5.74, 6) is -2.14. The van der Waals surface area contributed by atoms with Crippen LogP contribution in [0.15, 0.2) is 0 Å². The molecule has 1 rings (SSSR count). The molecule has 1 fully saturated rings. The minimum atomic E-state index is -0.945. The average Bonchev–Trinajstić information content (AvgIpc) is 2.40. The molecule has 0 N–H and O–H groups in total. The Balaban J connectivity index is 2.66. The van der Waals surface area contributed by atoms with Gasteiger partial charge in [-0.15, -0.1) is 11.6 Å². The lowest BCUT2D eigenvalue weighted by Crippen LogP contribution is -2.33. The van der Waals surface area contributed by atoms with Crippen molar-refractivity contribution in [2.75, 3.05) is 13.2 Å². The number of halogens is 1. The average molecular weight is 305 g/mol. The second-order valence-electron chi connectivity index (χ2n) is 4.87. The van der Waals surface area contributed by atoms with Gasteiger partial charge in [0.25, 0.3) is 0 Å². The van der Waals surface area contributed by atoms with Gasteiger partial charge >= 0.3 is 11.9 Å². The summed E-state index contributed by atoms with van der Waals surface area (Å²) < 4.78 is 9.82. The zero-order valence-electron chi connectivity index (χ0n) is 11.9. The van der Waals surface area contributed by atoms with Crippen molar-refractivity contribution in [1.29, 1.82) is 0 Å². The molecule has 2 unspecified atom stereocenters. The van der Waals surface area contributed by atoms with E-state index in [1.54, 1.807) is 13.8 Å². The summed E-state index contributed by atoms with van der Waals surface area (Å²) in [5.41, 5.74) is 0. The number of ketones is 1. The van der Waals surface area contributed by atoms with Gasteiger partial charge in [0.1, 0.15) is 0 Å². The largest absolute Gasteiger partial charge is 0.465 e. The van der Waals surface area contributed by atoms with E-state index in [4.69, 9.17) is 21.1 Å². The molecular formula is C14H21ClO5. The van der Waals surface area contributed by atoms with E-state index in [0.717, 1.165) is 6.42 Å². The third kappa shape index (κ3) is 4.78. The minimum Gasteiger partial charge on any atom is -0.465 e. The van der Waals surface area contributed by atoms with Gasteiger partial charge in [0.05, 0.1) is 18.6 Å². The van der Waals surface area contributed by atoms with E-state index in [0.29, 0.717) is 12.8 Å². The maximum Gasteiger partial charge on any atom is 0.320 e. The molecule has 0 radical (unpaired) electrons. The maximum atomic E-state index is 11.8. The normalized spacial score (nSPS) is 22.7. The maximum absolute atomic E-state index is 11.8. The number of rotatable bonds is 6. The SMILES string of the molecule is CCOC(=O)C(CC1CCC(Cl)C(=O)C1)C(=O)OCC. The third-order valence-corrected chi connectivity index (χ3v) is 3.84. The van der Waals surface area contributed by atoms with E-state index in [2.05, 4.69) is 0 Å². The van der Waals surface area contributed by atoms with Crippen LogP contribution in [0.5, 0.6) is 0 Å². The van der Waals surface area contributed by atoms with Gasteiger partial charge in [-0.3, -0.25) is 14.4 Å². The summed E-state index contributed by atoms with van der Waals surface area (Å²) in [5, 5.41) is -0.435. The number of alkyl halides is 1. The van der Waals surface area contributed by atoms with Crippen molar-refractivity contribution in [2.24, 2.45) is 11.8 Å². The van der Waals surface area contributed by atoms with Crippen molar-refractivity contribution in [2.45, 2.75) is 44.9 Å². The van der Waals surface area contributed by atoms with Gasteiger partial charge in [0.15, 0.2) is 11.7 Å². The van der Waals surface area contributed by atoms with Crippen molar-refractivity contribution in [3.63, 3.8) is 0 Å². The highest BCUT2D eigenvalue weighted by molar-refractivity contribution is 6.31. The Hall–Kier alpha value is -1.10. The smallest absolute Gasteiger partial charge is 0.320 e. The van der Waals surface area contributed by atoms with E-state index in [1.807, 2.05) is 0 Å². The molecule has 0 saturated heterocycles. The second-order valence-corrected chi connectivity index (χ2v) is 5.40. The van der Waals surface area contributed by atoms with Crippen LogP contribution < -0.4 is 0 Å². The molecule has 0 aliphatic heterocycles. The molecule has 114 valence electrons. The van der Waals surface area contributed by atoms with E-state index < -0.39 is 23.2 Å². The topological polar surface area (TPSA) is 69.7 Å². The van der Waals surface area contributed by atoms with Crippen LogP contribution in [-0.4, -0.2) is 36.3 Å². The van der Waals surface area contributed by atoms with Crippen LogP contribution in [-0.2, 0) is 23.9 Å². The first-order valence-electron chi connectivity index (χ1n) is 6.99. The number of Topliss-reactive ketones (excluding diaryl/α,β-unsaturated/α-hetero) is 1. The Morgan fingerprint density at radius 2 is 1.75 bits per heavy atom. The van der Waals surface area contributed by atoms with Crippen LogP contribution in [0.25, 0.3) is 0 Å². The summed E-state index contributed by atoms with van der Waals surface area (Å²) in [6, 6.07) is 0. The molecule has 0 aromatic carbocycles. The molecule has 1 aliphatic rings. The lowest BCUT2D eigenvalue weighted by Gasteiger charge is -2.26. The fourth-order valence-electron chi connectivity index (χ4n) is 2.37. The second kappa shape index (κ2) is 8.25. The van der Waals surface area contributed by atoms with Gasteiger partial charge in [-0.05, 0) is 39.0 Å². The number of carbonyl (C=O) groups is 3. The number of hydrogen-bond donors (Lipinski definition) is 0. The van der Waals surface area contributed by atoms with Gasteiger partial charge in [0, 0.05) is 6.42 Å². The van der Waals surface area contributed by atoms with Crippen molar-refractivity contribution in [1.82, 2.24) is 0 Å². The van der Waals surface area contributed by atoms with Crippen molar-refractivity contribution >= 4 is 29.3 Å². The standard InChI is InChI=1S/C14H21ClO5/c1-3-19-13(17)10(14(18)20-4-2)7-9-5-6-11(15)12(16)8-9/h9-11H,3-8H2,1-2H3. The highest BCUT2D eigenvalue weighted by Crippen LogP contribution is 2.30. The molecule has 1 saturated carbocycles. The van der Waals surface area contributed by atoms with Crippen LogP contribution >= 0.6 is 11.6 Å². The highest BCUT2D eigenvalue weighted by atomic mass is 35.5. The van der Waals surface area contributed by atoms with E-state index in [-0.39, 0.29) is 31.3 Å². The van der Waals surface area contributed by atoms with Gasteiger partial charge in [-0.25, -0.2) is 0 Å². The number of carbonyl (C=O) groups excluding carboxylic acids is 3. The van der Waals surface area contributed by atoms with Gasteiger partial charge < -0.3 is 9.47 Å². The minimum absolute atomic E-state index is 0.0173. The number of ether oxygens (including phenoxy) is 2.